The lowest BCUT2D eigenvalue weighted by atomic mass is 9.98. The number of nitrogens with zero attached hydrogens (tertiary/aromatic N) is 4. The molecule has 1 fully saturated rings. The molecule has 4 rings (SSSR count). The van der Waals surface area contributed by atoms with Gasteiger partial charge in [-0.1, -0.05) is 53.7 Å². The summed E-state index contributed by atoms with van der Waals surface area (Å²) in [7, 11) is 0. The number of thioether (sulfide) groups is 1. The molecule has 0 aliphatic carbocycles. The van der Waals surface area contributed by atoms with Gasteiger partial charge in [0, 0.05) is 29.2 Å². The molecule has 1 aromatic heterocycles. The van der Waals surface area contributed by atoms with Crippen LogP contribution in [0, 0.1) is 0 Å². The van der Waals surface area contributed by atoms with Crippen molar-refractivity contribution < 1.29 is 4.79 Å². The van der Waals surface area contributed by atoms with Crippen LogP contribution in [0.2, 0.25) is 5.02 Å². The van der Waals surface area contributed by atoms with Crippen molar-refractivity contribution in [2.75, 3.05) is 5.75 Å². The molecule has 2 atom stereocenters. The van der Waals surface area contributed by atoms with Gasteiger partial charge in [-0.05, 0) is 62.9 Å². The van der Waals surface area contributed by atoms with Crippen LogP contribution in [0.3, 0.4) is 0 Å². The molecule has 7 heteroatoms. The van der Waals surface area contributed by atoms with Crippen molar-refractivity contribution in [1.29, 1.82) is 0 Å². The highest BCUT2D eigenvalue weighted by atomic mass is 35.5. The van der Waals surface area contributed by atoms with Crippen molar-refractivity contribution in [3.63, 3.8) is 0 Å². The Bertz CT molecular complexity index is 1010. The standard InChI is InChI=1S/C24H27ClN4OS/c1-17-7-6-8-18(2)28(17)23(30)16-31-24-27-26-22(15-19-9-4-3-5-10-19)29(24)21-13-11-20(25)12-14-21/h3-5,9-14,17-18H,6-8,15-16H2,1-2H3/t17-,18-/m0/s1. The number of rotatable bonds is 6. The lowest BCUT2D eigenvalue weighted by Gasteiger charge is -2.39. The second-order valence-corrected chi connectivity index (χ2v) is 9.47. The van der Waals surface area contributed by atoms with Gasteiger partial charge in [-0.25, -0.2) is 0 Å². The Balaban J connectivity index is 1.58. The van der Waals surface area contributed by atoms with E-state index in [2.05, 4.69) is 36.2 Å². The number of benzene rings is 2. The van der Waals surface area contributed by atoms with Gasteiger partial charge in [0.25, 0.3) is 0 Å². The minimum absolute atomic E-state index is 0.167. The van der Waals surface area contributed by atoms with Crippen LogP contribution in [0.15, 0.2) is 59.8 Å². The molecule has 1 aliphatic heterocycles. The maximum absolute atomic E-state index is 13.0. The molecule has 2 heterocycles. The van der Waals surface area contributed by atoms with Crippen molar-refractivity contribution >= 4 is 29.3 Å². The number of likely N-dealkylation sites (tertiary alicyclic amines) is 1. The normalized spacial score (nSPS) is 18.9. The third-order valence-corrected chi connectivity index (χ3v) is 6.96. The average molecular weight is 455 g/mol. The summed E-state index contributed by atoms with van der Waals surface area (Å²) in [6.45, 7) is 4.29. The quantitative estimate of drug-likeness (QED) is 0.468. The average Bonchev–Trinajstić information content (AvgIpc) is 3.16. The summed E-state index contributed by atoms with van der Waals surface area (Å²) >= 11 is 7.55. The van der Waals surface area contributed by atoms with E-state index in [-0.39, 0.29) is 5.91 Å². The van der Waals surface area contributed by atoms with Gasteiger partial charge in [0.05, 0.1) is 5.75 Å². The zero-order valence-corrected chi connectivity index (χ0v) is 19.4. The molecular formula is C24H27ClN4OS. The van der Waals surface area contributed by atoms with Gasteiger partial charge >= 0.3 is 0 Å². The third kappa shape index (κ3) is 5.13. The second kappa shape index (κ2) is 9.88. The summed E-state index contributed by atoms with van der Waals surface area (Å²) in [5.41, 5.74) is 2.10. The number of carbonyl (C=O) groups excluding carboxylic acids is 1. The fourth-order valence-corrected chi connectivity index (χ4v) is 5.22. The van der Waals surface area contributed by atoms with Gasteiger partial charge in [0.15, 0.2) is 5.16 Å². The Kier molecular flexibility index (Phi) is 6.98. The number of amides is 1. The van der Waals surface area contributed by atoms with Gasteiger partial charge in [0.2, 0.25) is 5.91 Å². The first kappa shape index (κ1) is 21.9. The molecule has 0 bridgehead atoms. The van der Waals surface area contributed by atoms with Crippen LogP contribution in [-0.2, 0) is 11.2 Å². The van der Waals surface area contributed by atoms with Crippen molar-refractivity contribution in [3.8, 4) is 5.69 Å². The summed E-state index contributed by atoms with van der Waals surface area (Å²) in [6.07, 6.45) is 3.99. The summed E-state index contributed by atoms with van der Waals surface area (Å²) in [5, 5.41) is 10.3. The van der Waals surface area contributed by atoms with Crippen LogP contribution in [-0.4, -0.2) is 43.4 Å². The van der Waals surface area contributed by atoms with Crippen LogP contribution in [0.5, 0.6) is 0 Å². The van der Waals surface area contributed by atoms with E-state index in [1.165, 1.54) is 18.2 Å². The minimum Gasteiger partial charge on any atom is -0.337 e. The number of halogens is 1. The van der Waals surface area contributed by atoms with E-state index < -0.39 is 0 Å². The second-order valence-electron chi connectivity index (χ2n) is 8.09. The van der Waals surface area contributed by atoms with Crippen LogP contribution < -0.4 is 0 Å². The van der Waals surface area contributed by atoms with E-state index in [1.54, 1.807) is 0 Å². The van der Waals surface area contributed by atoms with Gasteiger partial charge < -0.3 is 4.90 Å². The molecule has 0 saturated carbocycles. The Morgan fingerprint density at radius 2 is 1.71 bits per heavy atom. The zero-order chi connectivity index (χ0) is 21.8. The zero-order valence-electron chi connectivity index (χ0n) is 17.9. The molecule has 1 saturated heterocycles. The predicted molar refractivity (Wildman–Crippen MR) is 126 cm³/mol. The summed E-state index contributed by atoms with van der Waals surface area (Å²) in [4.78, 5) is 15.1. The first-order valence-corrected chi connectivity index (χ1v) is 12.1. The summed E-state index contributed by atoms with van der Waals surface area (Å²) in [5.74, 6) is 1.36. The van der Waals surface area contributed by atoms with Gasteiger partial charge in [-0.15, -0.1) is 10.2 Å². The van der Waals surface area contributed by atoms with Crippen LogP contribution >= 0.6 is 23.4 Å². The fraction of sp³-hybridized carbons (Fsp3) is 0.375. The Morgan fingerprint density at radius 3 is 2.39 bits per heavy atom. The Labute approximate surface area is 192 Å². The first-order chi connectivity index (χ1) is 15.0. The number of hydrogen-bond donors (Lipinski definition) is 0. The number of carbonyl (C=O) groups is 1. The van der Waals surface area contributed by atoms with Crippen LogP contribution in [0.1, 0.15) is 44.5 Å². The first-order valence-electron chi connectivity index (χ1n) is 10.7. The molecule has 162 valence electrons. The Hall–Kier alpha value is -2.31. The number of piperidine rings is 1. The molecular weight excluding hydrogens is 428 g/mol. The van der Waals surface area contributed by atoms with Crippen LogP contribution in [0.4, 0.5) is 0 Å². The smallest absolute Gasteiger partial charge is 0.233 e. The lowest BCUT2D eigenvalue weighted by Crippen LogP contribution is -2.48. The molecule has 0 spiro atoms. The van der Waals surface area contributed by atoms with Crippen molar-refractivity contribution in [2.45, 2.75) is 56.8 Å². The maximum Gasteiger partial charge on any atom is 0.233 e. The highest BCUT2D eigenvalue weighted by Crippen LogP contribution is 2.27. The van der Waals surface area contributed by atoms with E-state index in [0.717, 1.165) is 35.1 Å². The van der Waals surface area contributed by atoms with E-state index in [1.807, 2.05) is 51.9 Å². The minimum atomic E-state index is 0.167. The fourth-order valence-electron chi connectivity index (χ4n) is 4.25. The van der Waals surface area contributed by atoms with Crippen molar-refractivity contribution in [2.24, 2.45) is 0 Å². The van der Waals surface area contributed by atoms with Gasteiger partial charge in [-0.2, -0.15) is 0 Å². The highest BCUT2D eigenvalue weighted by Gasteiger charge is 2.29. The van der Waals surface area contributed by atoms with Crippen molar-refractivity contribution in [1.82, 2.24) is 19.7 Å². The van der Waals surface area contributed by atoms with E-state index in [4.69, 9.17) is 11.6 Å². The topological polar surface area (TPSA) is 51.0 Å². The van der Waals surface area contributed by atoms with E-state index >= 15 is 0 Å². The van der Waals surface area contributed by atoms with E-state index in [0.29, 0.717) is 29.3 Å². The van der Waals surface area contributed by atoms with Crippen molar-refractivity contribution in [3.05, 3.63) is 71.0 Å². The predicted octanol–water partition coefficient (Wildman–Crippen LogP) is 5.39. The molecule has 2 aromatic carbocycles. The largest absolute Gasteiger partial charge is 0.337 e. The monoisotopic (exact) mass is 454 g/mol. The van der Waals surface area contributed by atoms with E-state index in [9.17, 15) is 4.79 Å². The molecule has 3 aromatic rings. The number of aromatic nitrogens is 3. The lowest BCUT2D eigenvalue weighted by molar-refractivity contribution is -0.134. The SMILES string of the molecule is C[C@H]1CCC[C@H](C)N1C(=O)CSc1nnc(Cc2ccccc2)n1-c1ccc(Cl)cc1. The maximum atomic E-state index is 13.0. The molecule has 0 radical (unpaired) electrons. The third-order valence-electron chi connectivity index (χ3n) is 5.80. The number of hydrogen-bond acceptors (Lipinski definition) is 4. The van der Waals surface area contributed by atoms with Gasteiger partial charge in [-0.3, -0.25) is 9.36 Å². The summed E-state index contributed by atoms with van der Waals surface area (Å²) in [6, 6.07) is 18.4. The molecule has 31 heavy (non-hydrogen) atoms. The summed E-state index contributed by atoms with van der Waals surface area (Å²) < 4.78 is 2.03. The van der Waals surface area contributed by atoms with Gasteiger partial charge in [0.1, 0.15) is 5.82 Å². The molecule has 5 nitrogen and oxygen atoms in total. The molecule has 1 aliphatic rings. The molecule has 1 amide bonds. The molecule has 0 N–H and O–H groups in total. The highest BCUT2D eigenvalue weighted by molar-refractivity contribution is 7.99. The Morgan fingerprint density at radius 1 is 1.03 bits per heavy atom. The van der Waals surface area contributed by atoms with Crippen LogP contribution in [0.25, 0.3) is 5.69 Å². The molecule has 0 unspecified atom stereocenters.